The highest BCUT2D eigenvalue weighted by atomic mass is 16.5. The lowest BCUT2D eigenvalue weighted by Crippen LogP contribution is -2.19. The van der Waals surface area contributed by atoms with E-state index in [0.29, 0.717) is 17.6 Å². The maximum Gasteiger partial charge on any atom is 0.227 e. The lowest BCUT2D eigenvalue weighted by molar-refractivity contribution is 0.400. The van der Waals surface area contributed by atoms with Crippen molar-refractivity contribution in [3.63, 3.8) is 0 Å². The van der Waals surface area contributed by atoms with Crippen LogP contribution >= 0.6 is 0 Å². The zero-order valence-corrected chi connectivity index (χ0v) is 13.4. The fourth-order valence-corrected chi connectivity index (χ4v) is 2.27. The first-order valence-corrected chi connectivity index (χ1v) is 7.41. The van der Waals surface area contributed by atoms with Crippen LogP contribution in [0.5, 0.6) is 0 Å². The number of anilines is 3. The van der Waals surface area contributed by atoms with Gasteiger partial charge < -0.3 is 14.7 Å². The number of aromatic nitrogens is 3. The fraction of sp³-hybridized carbons (Fsp3) is 0.235. The molecule has 0 atom stereocenters. The van der Waals surface area contributed by atoms with Gasteiger partial charge in [-0.25, -0.2) is 4.98 Å². The van der Waals surface area contributed by atoms with E-state index in [1.165, 1.54) is 5.56 Å². The van der Waals surface area contributed by atoms with Crippen LogP contribution in [0, 0.1) is 13.8 Å². The molecule has 6 heteroatoms. The molecule has 2 aromatic heterocycles. The highest BCUT2D eigenvalue weighted by Crippen LogP contribution is 2.18. The molecule has 0 aliphatic carbocycles. The van der Waals surface area contributed by atoms with Crippen LogP contribution in [0.1, 0.15) is 17.0 Å². The second kappa shape index (κ2) is 6.48. The van der Waals surface area contributed by atoms with Gasteiger partial charge in [0.15, 0.2) is 5.82 Å². The Morgan fingerprint density at radius 2 is 1.83 bits per heavy atom. The molecule has 0 aliphatic heterocycles. The Balaban J connectivity index is 1.79. The predicted molar refractivity (Wildman–Crippen MR) is 89.8 cm³/mol. The van der Waals surface area contributed by atoms with E-state index in [1.807, 2.05) is 56.1 Å². The Morgan fingerprint density at radius 1 is 1.04 bits per heavy atom. The summed E-state index contributed by atoms with van der Waals surface area (Å²) < 4.78 is 5.06. The molecule has 118 valence electrons. The van der Waals surface area contributed by atoms with Crippen molar-refractivity contribution in [1.82, 2.24) is 15.1 Å². The molecule has 0 bridgehead atoms. The van der Waals surface area contributed by atoms with Crippen molar-refractivity contribution in [3.8, 4) is 0 Å². The third kappa shape index (κ3) is 3.85. The first-order valence-electron chi connectivity index (χ1n) is 7.41. The van der Waals surface area contributed by atoms with Gasteiger partial charge in [0, 0.05) is 31.4 Å². The number of nitrogens with one attached hydrogen (secondary N) is 1. The highest BCUT2D eigenvalue weighted by Gasteiger charge is 2.09. The Labute approximate surface area is 135 Å². The summed E-state index contributed by atoms with van der Waals surface area (Å²) in [6.45, 7) is 4.54. The molecule has 1 aromatic carbocycles. The van der Waals surface area contributed by atoms with Crippen LogP contribution in [-0.2, 0) is 6.54 Å². The van der Waals surface area contributed by atoms with Crippen molar-refractivity contribution < 1.29 is 4.52 Å². The highest BCUT2D eigenvalue weighted by molar-refractivity contribution is 5.53. The molecular formula is C17H19N5O. The first-order chi connectivity index (χ1) is 11.1. The second-order valence-electron chi connectivity index (χ2n) is 5.48. The van der Waals surface area contributed by atoms with Gasteiger partial charge in [-0.1, -0.05) is 35.5 Å². The summed E-state index contributed by atoms with van der Waals surface area (Å²) in [6, 6.07) is 13.9. The third-order valence-corrected chi connectivity index (χ3v) is 3.33. The molecule has 0 saturated heterocycles. The minimum Gasteiger partial charge on any atom is -0.360 e. The Bertz CT molecular complexity index is 785. The molecule has 3 rings (SSSR count). The number of aryl methyl sites for hydroxylation is 2. The second-order valence-corrected chi connectivity index (χ2v) is 5.48. The minimum absolute atomic E-state index is 0.636. The van der Waals surface area contributed by atoms with E-state index >= 15 is 0 Å². The van der Waals surface area contributed by atoms with Crippen molar-refractivity contribution in [2.45, 2.75) is 20.4 Å². The minimum atomic E-state index is 0.636. The van der Waals surface area contributed by atoms with Gasteiger partial charge in [0.2, 0.25) is 5.95 Å². The summed E-state index contributed by atoms with van der Waals surface area (Å²) in [5.74, 6) is 2.74. The van der Waals surface area contributed by atoms with Crippen molar-refractivity contribution in [2.75, 3.05) is 17.3 Å². The number of rotatable bonds is 5. The molecule has 0 aliphatic rings. The molecule has 0 spiro atoms. The predicted octanol–water partition coefficient (Wildman–Crippen LogP) is 3.46. The summed E-state index contributed by atoms with van der Waals surface area (Å²) in [6.07, 6.45) is 0. The largest absolute Gasteiger partial charge is 0.360 e. The van der Waals surface area contributed by atoms with Crippen molar-refractivity contribution in [2.24, 2.45) is 0 Å². The van der Waals surface area contributed by atoms with E-state index in [-0.39, 0.29) is 0 Å². The molecule has 0 radical (unpaired) electrons. The van der Waals surface area contributed by atoms with E-state index < -0.39 is 0 Å². The zero-order valence-electron chi connectivity index (χ0n) is 13.4. The molecule has 3 aromatic rings. The summed E-state index contributed by atoms with van der Waals surface area (Å²) in [4.78, 5) is 11.1. The van der Waals surface area contributed by atoms with Gasteiger partial charge in [-0.15, -0.1) is 0 Å². The topological polar surface area (TPSA) is 67.1 Å². The van der Waals surface area contributed by atoms with E-state index in [0.717, 1.165) is 18.0 Å². The Morgan fingerprint density at radius 3 is 2.52 bits per heavy atom. The maximum atomic E-state index is 5.06. The van der Waals surface area contributed by atoms with Crippen LogP contribution in [-0.4, -0.2) is 22.2 Å². The summed E-state index contributed by atoms with van der Waals surface area (Å²) in [7, 11) is 1.98. The molecule has 0 amide bonds. The third-order valence-electron chi connectivity index (χ3n) is 3.33. The van der Waals surface area contributed by atoms with Crippen LogP contribution in [0.25, 0.3) is 0 Å². The van der Waals surface area contributed by atoms with Crippen molar-refractivity contribution in [3.05, 3.63) is 59.5 Å². The van der Waals surface area contributed by atoms with E-state index in [4.69, 9.17) is 4.52 Å². The molecule has 0 unspecified atom stereocenters. The van der Waals surface area contributed by atoms with Crippen LogP contribution in [0.15, 0.2) is 47.0 Å². The van der Waals surface area contributed by atoms with Gasteiger partial charge in [0.25, 0.3) is 0 Å². The van der Waals surface area contributed by atoms with Gasteiger partial charge in [0.1, 0.15) is 11.6 Å². The lowest BCUT2D eigenvalue weighted by Gasteiger charge is -2.18. The lowest BCUT2D eigenvalue weighted by atomic mass is 10.2. The van der Waals surface area contributed by atoms with Crippen LogP contribution in [0.2, 0.25) is 0 Å². The maximum absolute atomic E-state index is 5.06. The van der Waals surface area contributed by atoms with Crippen LogP contribution in [0.3, 0.4) is 0 Å². The quantitative estimate of drug-likeness (QED) is 0.778. The fourth-order valence-electron chi connectivity index (χ4n) is 2.27. The van der Waals surface area contributed by atoms with E-state index in [9.17, 15) is 0 Å². The summed E-state index contributed by atoms with van der Waals surface area (Å²) in [5.41, 5.74) is 2.10. The van der Waals surface area contributed by atoms with Gasteiger partial charge in [-0.2, -0.15) is 4.98 Å². The zero-order chi connectivity index (χ0) is 16.2. The average molecular weight is 309 g/mol. The summed E-state index contributed by atoms with van der Waals surface area (Å²) >= 11 is 0. The average Bonchev–Trinajstić information content (AvgIpc) is 2.92. The van der Waals surface area contributed by atoms with Crippen molar-refractivity contribution >= 4 is 17.6 Å². The van der Waals surface area contributed by atoms with Crippen molar-refractivity contribution in [1.29, 1.82) is 0 Å². The molecule has 2 heterocycles. The SMILES string of the molecule is Cc1cc(Nc2cc(C)on2)nc(N(C)Cc2ccccc2)n1. The van der Waals surface area contributed by atoms with Gasteiger partial charge >= 0.3 is 0 Å². The molecular weight excluding hydrogens is 290 g/mol. The smallest absolute Gasteiger partial charge is 0.227 e. The normalized spacial score (nSPS) is 10.6. The standard InChI is InChI=1S/C17H19N5O/c1-12-9-15(19-16-10-13(2)23-21-16)20-17(18-12)22(3)11-14-7-5-4-6-8-14/h4-10H,11H2,1-3H3,(H,18,19,20,21). The summed E-state index contributed by atoms with van der Waals surface area (Å²) in [5, 5.41) is 7.06. The number of hydrogen-bond donors (Lipinski definition) is 1. The van der Waals surface area contributed by atoms with E-state index in [1.54, 1.807) is 0 Å². The molecule has 23 heavy (non-hydrogen) atoms. The Kier molecular flexibility index (Phi) is 4.23. The number of benzene rings is 1. The van der Waals surface area contributed by atoms with E-state index in [2.05, 4.69) is 32.6 Å². The monoisotopic (exact) mass is 309 g/mol. The molecule has 1 N–H and O–H groups in total. The van der Waals surface area contributed by atoms with Gasteiger partial charge in [-0.3, -0.25) is 0 Å². The van der Waals surface area contributed by atoms with Crippen LogP contribution < -0.4 is 10.2 Å². The first kappa shape index (κ1) is 15.0. The Hall–Kier alpha value is -2.89. The number of nitrogens with zero attached hydrogens (tertiary/aromatic N) is 4. The van der Waals surface area contributed by atoms with Gasteiger partial charge in [-0.05, 0) is 19.4 Å². The molecule has 6 nitrogen and oxygen atoms in total. The number of hydrogen-bond acceptors (Lipinski definition) is 6. The van der Waals surface area contributed by atoms with Crippen LogP contribution in [0.4, 0.5) is 17.6 Å². The molecule has 0 fully saturated rings. The van der Waals surface area contributed by atoms with Gasteiger partial charge in [0.05, 0.1) is 0 Å². The molecule has 0 saturated carbocycles.